The van der Waals surface area contributed by atoms with Crippen LogP contribution >= 0.6 is 0 Å². The summed E-state index contributed by atoms with van der Waals surface area (Å²) in [7, 11) is 1.34. The number of ether oxygens (including phenoxy) is 1. The number of aromatic hydroxyl groups is 2. The smallest absolute Gasteiger partial charge is 0.202 e. The Kier molecular flexibility index (Phi) is 2.23. The average Bonchev–Trinajstić information content (AvgIpc) is 2.22. The summed E-state index contributed by atoms with van der Waals surface area (Å²) in [6, 6.07) is 2.41. The second-order valence-electron chi connectivity index (χ2n) is 3.37. The van der Waals surface area contributed by atoms with E-state index in [1.165, 1.54) is 19.2 Å². The first-order valence-electron chi connectivity index (χ1n) is 4.58. The maximum atomic E-state index is 11.6. The predicted octanol–water partition coefficient (Wildman–Crippen LogP) is 1.52. The van der Waals surface area contributed by atoms with E-state index in [1.807, 2.05) is 0 Å². The fourth-order valence-corrected chi connectivity index (χ4v) is 1.55. The highest BCUT2D eigenvalue weighted by Gasteiger charge is 2.16. The van der Waals surface area contributed by atoms with Crippen molar-refractivity contribution in [2.24, 2.45) is 0 Å². The minimum atomic E-state index is -0.408. The molecule has 0 saturated heterocycles. The summed E-state index contributed by atoms with van der Waals surface area (Å²) >= 11 is 0. The van der Waals surface area contributed by atoms with Crippen LogP contribution < -0.4 is 10.2 Å². The second kappa shape index (κ2) is 3.44. The van der Waals surface area contributed by atoms with Gasteiger partial charge in [-0.05, 0) is 6.92 Å². The van der Waals surface area contributed by atoms with Gasteiger partial charge in [-0.2, -0.15) is 0 Å². The summed E-state index contributed by atoms with van der Waals surface area (Å²) in [5, 5.41) is 19.3. The Balaban J connectivity index is 3.02. The van der Waals surface area contributed by atoms with Crippen molar-refractivity contribution >= 4 is 11.0 Å². The molecular weight excluding hydrogens is 212 g/mol. The van der Waals surface area contributed by atoms with Gasteiger partial charge < -0.3 is 19.4 Å². The molecule has 5 heteroatoms. The van der Waals surface area contributed by atoms with Gasteiger partial charge in [-0.1, -0.05) is 0 Å². The molecule has 2 rings (SSSR count). The normalized spacial score (nSPS) is 10.6. The molecule has 0 atom stereocenters. The lowest BCUT2D eigenvalue weighted by atomic mass is 10.1. The van der Waals surface area contributed by atoms with Crippen LogP contribution in [0.3, 0.4) is 0 Å². The number of aryl methyl sites for hydroxylation is 1. The van der Waals surface area contributed by atoms with Gasteiger partial charge in [0.05, 0.1) is 7.11 Å². The highest BCUT2D eigenvalue weighted by molar-refractivity contribution is 5.90. The van der Waals surface area contributed by atoms with Crippen molar-refractivity contribution in [1.29, 1.82) is 0 Å². The molecular formula is C11H10O5. The number of fused-ring (bicyclic) bond motifs is 1. The van der Waals surface area contributed by atoms with Crippen LogP contribution in [0, 0.1) is 6.92 Å². The molecule has 0 fully saturated rings. The van der Waals surface area contributed by atoms with E-state index in [4.69, 9.17) is 9.15 Å². The zero-order valence-corrected chi connectivity index (χ0v) is 8.77. The Labute approximate surface area is 90.5 Å². The summed E-state index contributed by atoms with van der Waals surface area (Å²) < 4.78 is 10.0. The van der Waals surface area contributed by atoms with Crippen molar-refractivity contribution < 1.29 is 19.4 Å². The van der Waals surface area contributed by atoms with Crippen molar-refractivity contribution in [1.82, 2.24) is 0 Å². The first-order chi connectivity index (χ1) is 7.54. The van der Waals surface area contributed by atoms with Crippen LogP contribution in [0.5, 0.6) is 17.2 Å². The lowest BCUT2D eigenvalue weighted by Crippen LogP contribution is -2.01. The number of phenols is 2. The maximum absolute atomic E-state index is 11.6. The topological polar surface area (TPSA) is 79.9 Å². The van der Waals surface area contributed by atoms with Crippen LogP contribution in [0.2, 0.25) is 0 Å². The Bertz CT molecular complexity index is 612. The van der Waals surface area contributed by atoms with Crippen molar-refractivity contribution in [2.45, 2.75) is 6.92 Å². The van der Waals surface area contributed by atoms with Gasteiger partial charge in [-0.3, -0.25) is 4.79 Å². The molecule has 16 heavy (non-hydrogen) atoms. The monoisotopic (exact) mass is 222 g/mol. The minimum absolute atomic E-state index is 0.0519. The van der Waals surface area contributed by atoms with Crippen molar-refractivity contribution in [3.63, 3.8) is 0 Å². The van der Waals surface area contributed by atoms with Crippen LogP contribution in [0.1, 0.15) is 5.76 Å². The van der Waals surface area contributed by atoms with Crippen LogP contribution in [0.25, 0.3) is 11.0 Å². The number of hydrogen-bond acceptors (Lipinski definition) is 5. The van der Waals surface area contributed by atoms with Crippen molar-refractivity contribution in [3.05, 3.63) is 28.1 Å². The van der Waals surface area contributed by atoms with E-state index in [2.05, 4.69) is 0 Å². The quantitative estimate of drug-likeness (QED) is 0.715. The minimum Gasteiger partial charge on any atom is -0.507 e. The van der Waals surface area contributed by atoms with E-state index in [9.17, 15) is 15.0 Å². The first kappa shape index (κ1) is 10.4. The molecule has 0 unspecified atom stereocenters. The summed E-state index contributed by atoms with van der Waals surface area (Å²) in [5.74, 6) is -0.172. The molecule has 1 aromatic carbocycles. The number of phenolic OH excluding ortho intramolecular Hbond substituents is 2. The van der Waals surface area contributed by atoms with E-state index in [0.717, 1.165) is 0 Å². The van der Waals surface area contributed by atoms with Crippen molar-refractivity contribution in [2.75, 3.05) is 7.11 Å². The van der Waals surface area contributed by atoms with Crippen LogP contribution in [-0.2, 0) is 0 Å². The van der Waals surface area contributed by atoms with Gasteiger partial charge in [0.25, 0.3) is 0 Å². The third-order valence-corrected chi connectivity index (χ3v) is 2.26. The summed E-state index contributed by atoms with van der Waals surface area (Å²) in [6.45, 7) is 1.58. The van der Waals surface area contributed by atoms with E-state index in [1.54, 1.807) is 6.92 Å². The van der Waals surface area contributed by atoms with Gasteiger partial charge in [0.15, 0.2) is 16.8 Å². The van der Waals surface area contributed by atoms with E-state index >= 15 is 0 Å². The van der Waals surface area contributed by atoms with E-state index < -0.39 is 5.43 Å². The van der Waals surface area contributed by atoms with Crippen molar-refractivity contribution in [3.8, 4) is 17.2 Å². The highest BCUT2D eigenvalue weighted by Crippen LogP contribution is 2.38. The molecule has 1 heterocycles. The third-order valence-electron chi connectivity index (χ3n) is 2.26. The molecule has 0 aliphatic rings. The van der Waals surface area contributed by atoms with Gasteiger partial charge in [-0.25, -0.2) is 0 Å². The van der Waals surface area contributed by atoms with Crippen LogP contribution in [0.4, 0.5) is 0 Å². The molecule has 5 nitrogen and oxygen atoms in total. The second-order valence-corrected chi connectivity index (χ2v) is 3.37. The van der Waals surface area contributed by atoms with Gasteiger partial charge in [0, 0.05) is 12.1 Å². The van der Waals surface area contributed by atoms with E-state index in [-0.39, 0.29) is 28.2 Å². The standard InChI is InChI=1S/C11H10O5/c1-5-3-6(12)9-7(13)4-8(15-2)10(14)11(9)16-5/h3-4,13-14H,1-2H3. The van der Waals surface area contributed by atoms with Gasteiger partial charge in [0.2, 0.25) is 5.75 Å². The predicted molar refractivity (Wildman–Crippen MR) is 57.1 cm³/mol. The Morgan fingerprint density at radius 2 is 2.00 bits per heavy atom. The van der Waals surface area contributed by atoms with Crippen LogP contribution in [0.15, 0.2) is 21.3 Å². The average molecular weight is 222 g/mol. The molecule has 0 bridgehead atoms. The molecule has 0 amide bonds. The number of methoxy groups -OCH3 is 1. The molecule has 0 spiro atoms. The van der Waals surface area contributed by atoms with E-state index in [0.29, 0.717) is 5.76 Å². The van der Waals surface area contributed by atoms with Crippen LogP contribution in [-0.4, -0.2) is 17.3 Å². The number of rotatable bonds is 1. The molecule has 0 saturated carbocycles. The molecule has 1 aromatic heterocycles. The summed E-state index contributed by atoms with van der Waals surface area (Å²) in [4.78, 5) is 11.6. The largest absolute Gasteiger partial charge is 0.507 e. The molecule has 0 aliphatic heterocycles. The fourth-order valence-electron chi connectivity index (χ4n) is 1.55. The first-order valence-corrected chi connectivity index (χ1v) is 4.58. The molecule has 0 radical (unpaired) electrons. The summed E-state index contributed by atoms with van der Waals surface area (Å²) in [6.07, 6.45) is 0. The maximum Gasteiger partial charge on any atom is 0.202 e. The number of benzene rings is 1. The van der Waals surface area contributed by atoms with Gasteiger partial charge >= 0.3 is 0 Å². The molecule has 2 aromatic rings. The molecule has 0 aliphatic carbocycles. The SMILES string of the molecule is COc1cc(O)c2c(=O)cc(C)oc2c1O. The lowest BCUT2D eigenvalue weighted by Gasteiger charge is -2.07. The Hall–Kier alpha value is -2.17. The third kappa shape index (κ3) is 1.37. The fraction of sp³-hybridized carbons (Fsp3) is 0.182. The lowest BCUT2D eigenvalue weighted by molar-refractivity contribution is 0.366. The zero-order valence-electron chi connectivity index (χ0n) is 8.77. The van der Waals surface area contributed by atoms with Gasteiger partial charge in [0.1, 0.15) is 16.9 Å². The Morgan fingerprint density at radius 3 is 2.62 bits per heavy atom. The van der Waals surface area contributed by atoms with Gasteiger partial charge in [-0.15, -0.1) is 0 Å². The Morgan fingerprint density at radius 1 is 1.31 bits per heavy atom. The summed E-state index contributed by atoms with van der Waals surface area (Å²) in [5.41, 5.74) is -0.476. The number of hydrogen-bond donors (Lipinski definition) is 2. The molecule has 2 N–H and O–H groups in total. The molecule has 84 valence electrons. The highest BCUT2D eigenvalue weighted by atomic mass is 16.5. The zero-order chi connectivity index (χ0) is 11.9.